The number of aryl methyl sites for hydroxylation is 2. The first-order valence-corrected chi connectivity index (χ1v) is 7.12. The lowest BCUT2D eigenvalue weighted by atomic mass is 9.92. The maximum absolute atomic E-state index is 12.0. The van der Waals surface area contributed by atoms with Gasteiger partial charge in [-0.1, -0.05) is 6.07 Å². The molecule has 1 N–H and O–H groups in total. The Hall–Kier alpha value is -1.55. The average molecular weight is 260 g/mol. The maximum Gasteiger partial charge on any atom is 0.415 e. The lowest BCUT2D eigenvalue weighted by Gasteiger charge is -2.26. The van der Waals surface area contributed by atoms with Crippen LogP contribution in [-0.4, -0.2) is 37.2 Å². The van der Waals surface area contributed by atoms with Crippen LogP contribution in [0.15, 0.2) is 18.2 Å². The van der Waals surface area contributed by atoms with Crippen LogP contribution in [0.2, 0.25) is 0 Å². The molecule has 4 nitrogen and oxygen atoms in total. The number of hydrogen-bond donors (Lipinski definition) is 1. The first kappa shape index (κ1) is 12.5. The molecular formula is C15H20N2O2. The number of nitrogens with zero attached hydrogens (tertiary/aromatic N) is 1. The summed E-state index contributed by atoms with van der Waals surface area (Å²) >= 11 is 0. The van der Waals surface area contributed by atoms with Crippen LogP contribution in [-0.2, 0) is 12.8 Å². The number of carbonyl (C=O) groups is 1. The van der Waals surface area contributed by atoms with Crippen LogP contribution in [0.5, 0.6) is 5.75 Å². The van der Waals surface area contributed by atoms with E-state index in [1.807, 2.05) is 12.1 Å². The Morgan fingerprint density at radius 3 is 2.63 bits per heavy atom. The molecule has 0 atom stereocenters. The molecule has 1 aromatic rings. The van der Waals surface area contributed by atoms with Crippen molar-refractivity contribution in [2.24, 2.45) is 0 Å². The lowest BCUT2D eigenvalue weighted by molar-refractivity contribution is 0.146. The molecule has 1 amide bonds. The predicted octanol–water partition coefficient (Wildman–Crippen LogP) is 1.97. The Morgan fingerprint density at radius 1 is 1.11 bits per heavy atom. The summed E-state index contributed by atoms with van der Waals surface area (Å²) in [6.07, 6.45) is 4.54. The Labute approximate surface area is 113 Å². The summed E-state index contributed by atoms with van der Waals surface area (Å²) in [7, 11) is 0. The number of carbonyl (C=O) groups excluding carboxylic acids is 1. The molecule has 1 fully saturated rings. The van der Waals surface area contributed by atoms with Crippen LogP contribution < -0.4 is 10.1 Å². The van der Waals surface area contributed by atoms with Gasteiger partial charge in [0, 0.05) is 26.2 Å². The summed E-state index contributed by atoms with van der Waals surface area (Å²) in [5, 5.41) is 3.22. The number of piperazine rings is 1. The number of fused-ring (bicyclic) bond motifs is 1. The summed E-state index contributed by atoms with van der Waals surface area (Å²) < 4.78 is 5.48. The summed E-state index contributed by atoms with van der Waals surface area (Å²) in [6, 6.07) is 6.06. The van der Waals surface area contributed by atoms with Gasteiger partial charge in [0.05, 0.1) is 0 Å². The fraction of sp³-hybridized carbons (Fsp3) is 0.533. The SMILES string of the molecule is O=C(Oc1ccc2c(c1)CCCC2)N1CCNCC1. The van der Waals surface area contributed by atoms with Gasteiger partial charge in [0.2, 0.25) is 0 Å². The van der Waals surface area contributed by atoms with Gasteiger partial charge < -0.3 is 15.0 Å². The summed E-state index contributed by atoms with van der Waals surface area (Å²) in [6.45, 7) is 3.14. The molecule has 1 saturated heterocycles. The van der Waals surface area contributed by atoms with Gasteiger partial charge in [-0.25, -0.2) is 4.79 Å². The molecule has 0 saturated carbocycles. The Balaban J connectivity index is 1.67. The molecule has 1 aliphatic heterocycles. The second-order valence-corrected chi connectivity index (χ2v) is 5.24. The van der Waals surface area contributed by atoms with E-state index >= 15 is 0 Å². The highest BCUT2D eigenvalue weighted by atomic mass is 16.6. The van der Waals surface area contributed by atoms with Crippen molar-refractivity contribution in [2.75, 3.05) is 26.2 Å². The molecule has 2 aliphatic rings. The minimum Gasteiger partial charge on any atom is -0.410 e. The molecule has 1 aromatic carbocycles. The highest BCUT2D eigenvalue weighted by molar-refractivity contribution is 5.71. The number of hydrogen-bond acceptors (Lipinski definition) is 3. The normalized spacial score (nSPS) is 18.8. The zero-order chi connectivity index (χ0) is 13.1. The number of benzene rings is 1. The van der Waals surface area contributed by atoms with Gasteiger partial charge in [-0.3, -0.25) is 0 Å². The molecule has 1 aliphatic carbocycles. The van der Waals surface area contributed by atoms with Crippen molar-refractivity contribution >= 4 is 6.09 Å². The van der Waals surface area contributed by atoms with Gasteiger partial charge in [-0.05, 0) is 48.9 Å². The molecule has 4 heteroatoms. The topological polar surface area (TPSA) is 41.6 Å². The molecule has 0 radical (unpaired) electrons. The van der Waals surface area contributed by atoms with Crippen LogP contribution in [0.1, 0.15) is 24.0 Å². The molecule has 0 unspecified atom stereocenters. The quantitative estimate of drug-likeness (QED) is 0.839. The van der Waals surface area contributed by atoms with Crippen molar-refractivity contribution in [3.8, 4) is 5.75 Å². The highest BCUT2D eigenvalue weighted by Crippen LogP contribution is 2.25. The summed E-state index contributed by atoms with van der Waals surface area (Å²) in [5.41, 5.74) is 2.75. The fourth-order valence-corrected chi connectivity index (χ4v) is 2.79. The van der Waals surface area contributed by atoms with Crippen molar-refractivity contribution < 1.29 is 9.53 Å². The van der Waals surface area contributed by atoms with Gasteiger partial charge in [-0.2, -0.15) is 0 Å². The molecule has 1 heterocycles. The van der Waals surface area contributed by atoms with Crippen LogP contribution in [0.3, 0.4) is 0 Å². The van der Waals surface area contributed by atoms with Crippen LogP contribution in [0, 0.1) is 0 Å². The Bertz CT molecular complexity index is 467. The van der Waals surface area contributed by atoms with Gasteiger partial charge in [-0.15, -0.1) is 0 Å². The Morgan fingerprint density at radius 2 is 1.84 bits per heavy atom. The van der Waals surface area contributed by atoms with Crippen molar-refractivity contribution in [2.45, 2.75) is 25.7 Å². The molecule has 19 heavy (non-hydrogen) atoms. The number of amides is 1. The molecule has 102 valence electrons. The number of nitrogens with one attached hydrogen (secondary N) is 1. The molecular weight excluding hydrogens is 240 g/mol. The average Bonchev–Trinajstić information content (AvgIpc) is 2.48. The second kappa shape index (κ2) is 5.61. The highest BCUT2D eigenvalue weighted by Gasteiger charge is 2.18. The summed E-state index contributed by atoms with van der Waals surface area (Å²) in [4.78, 5) is 13.8. The van der Waals surface area contributed by atoms with Crippen LogP contribution >= 0.6 is 0 Å². The van der Waals surface area contributed by atoms with E-state index in [2.05, 4.69) is 11.4 Å². The smallest absolute Gasteiger partial charge is 0.410 e. The second-order valence-electron chi connectivity index (χ2n) is 5.24. The molecule has 0 bridgehead atoms. The third-order valence-corrected chi connectivity index (χ3v) is 3.90. The van der Waals surface area contributed by atoms with E-state index in [4.69, 9.17) is 4.74 Å². The van der Waals surface area contributed by atoms with Gasteiger partial charge in [0.15, 0.2) is 0 Å². The third kappa shape index (κ3) is 2.89. The first-order chi connectivity index (χ1) is 9.33. The fourth-order valence-electron chi connectivity index (χ4n) is 2.79. The monoisotopic (exact) mass is 260 g/mol. The maximum atomic E-state index is 12.0. The van der Waals surface area contributed by atoms with Crippen LogP contribution in [0.25, 0.3) is 0 Å². The van der Waals surface area contributed by atoms with E-state index in [-0.39, 0.29) is 6.09 Å². The zero-order valence-electron chi connectivity index (χ0n) is 11.2. The molecule has 3 rings (SSSR count). The standard InChI is InChI=1S/C15H20N2O2/c18-15(17-9-7-16-8-10-17)19-14-6-5-12-3-1-2-4-13(12)11-14/h5-6,11,16H,1-4,7-10H2. The van der Waals surface area contributed by atoms with E-state index < -0.39 is 0 Å². The van der Waals surface area contributed by atoms with Crippen molar-refractivity contribution in [1.29, 1.82) is 0 Å². The van der Waals surface area contributed by atoms with Gasteiger partial charge in [0.25, 0.3) is 0 Å². The van der Waals surface area contributed by atoms with E-state index in [1.54, 1.807) is 4.90 Å². The minimum absolute atomic E-state index is 0.225. The minimum atomic E-state index is -0.225. The largest absolute Gasteiger partial charge is 0.415 e. The van der Waals surface area contributed by atoms with Gasteiger partial charge in [0.1, 0.15) is 5.75 Å². The zero-order valence-corrected chi connectivity index (χ0v) is 11.2. The lowest BCUT2D eigenvalue weighted by Crippen LogP contribution is -2.47. The first-order valence-electron chi connectivity index (χ1n) is 7.12. The van der Waals surface area contributed by atoms with Crippen LogP contribution in [0.4, 0.5) is 4.79 Å². The van der Waals surface area contributed by atoms with Crippen molar-refractivity contribution in [1.82, 2.24) is 10.2 Å². The Kier molecular flexibility index (Phi) is 3.69. The van der Waals surface area contributed by atoms with E-state index in [1.165, 1.54) is 24.0 Å². The van der Waals surface area contributed by atoms with E-state index in [0.29, 0.717) is 5.75 Å². The number of rotatable bonds is 1. The van der Waals surface area contributed by atoms with Crippen molar-refractivity contribution in [3.05, 3.63) is 29.3 Å². The van der Waals surface area contributed by atoms with Crippen molar-refractivity contribution in [3.63, 3.8) is 0 Å². The van der Waals surface area contributed by atoms with E-state index in [0.717, 1.165) is 39.0 Å². The summed E-state index contributed by atoms with van der Waals surface area (Å²) in [5.74, 6) is 0.684. The molecule has 0 aromatic heterocycles. The number of ether oxygens (including phenoxy) is 1. The van der Waals surface area contributed by atoms with E-state index in [9.17, 15) is 4.79 Å². The predicted molar refractivity (Wildman–Crippen MR) is 73.6 cm³/mol. The molecule has 0 spiro atoms. The van der Waals surface area contributed by atoms with Gasteiger partial charge >= 0.3 is 6.09 Å². The third-order valence-electron chi connectivity index (χ3n) is 3.90.